The highest BCUT2D eigenvalue weighted by Gasteiger charge is 2.06. The number of benzene rings is 1. The molecule has 0 aromatic heterocycles. The quantitative estimate of drug-likeness (QED) is 0.594. The average molecular weight is 282 g/mol. The van der Waals surface area contributed by atoms with Crippen LogP contribution in [0.4, 0.5) is 0 Å². The summed E-state index contributed by atoms with van der Waals surface area (Å²) < 4.78 is 0. The Hall–Kier alpha value is -1.07. The molecule has 18 heavy (non-hydrogen) atoms. The zero-order valence-corrected chi connectivity index (χ0v) is 12.1. The van der Waals surface area contributed by atoms with Crippen molar-refractivity contribution in [3.63, 3.8) is 0 Å². The monoisotopic (exact) mass is 282 g/mol. The first-order chi connectivity index (χ1) is 8.65. The Bertz CT molecular complexity index is 421. The van der Waals surface area contributed by atoms with Gasteiger partial charge in [0.1, 0.15) is 4.99 Å². The van der Waals surface area contributed by atoms with E-state index < -0.39 is 0 Å². The van der Waals surface area contributed by atoms with E-state index in [-0.39, 0.29) is 5.91 Å². The summed E-state index contributed by atoms with van der Waals surface area (Å²) in [6, 6.07) is 7.08. The second-order valence-electron chi connectivity index (χ2n) is 3.90. The van der Waals surface area contributed by atoms with E-state index in [1.807, 2.05) is 11.8 Å². The van der Waals surface area contributed by atoms with Crippen LogP contribution in [0.5, 0.6) is 0 Å². The second kappa shape index (κ2) is 8.11. The number of thioether (sulfide) groups is 1. The van der Waals surface area contributed by atoms with E-state index in [1.54, 1.807) is 24.3 Å². The molecule has 3 N–H and O–H groups in total. The van der Waals surface area contributed by atoms with Crippen LogP contribution in [0.1, 0.15) is 28.8 Å². The van der Waals surface area contributed by atoms with Gasteiger partial charge in [0.15, 0.2) is 0 Å². The topological polar surface area (TPSA) is 55.1 Å². The van der Waals surface area contributed by atoms with E-state index in [1.165, 1.54) is 0 Å². The minimum Gasteiger partial charge on any atom is -0.389 e. The van der Waals surface area contributed by atoms with Gasteiger partial charge in [-0.05, 0) is 37.0 Å². The number of nitrogens with one attached hydrogen (secondary N) is 1. The van der Waals surface area contributed by atoms with Crippen molar-refractivity contribution in [2.45, 2.75) is 12.8 Å². The lowest BCUT2D eigenvalue weighted by atomic mass is 10.1. The average Bonchev–Trinajstić information content (AvgIpc) is 2.38. The molecule has 0 aliphatic carbocycles. The third-order valence-corrected chi connectivity index (χ3v) is 3.40. The summed E-state index contributed by atoms with van der Waals surface area (Å²) in [5, 5.41) is 2.89. The van der Waals surface area contributed by atoms with Crippen LogP contribution in [0.2, 0.25) is 0 Å². The zero-order chi connectivity index (χ0) is 13.4. The Labute approximate surface area is 118 Å². The van der Waals surface area contributed by atoms with Gasteiger partial charge in [0.25, 0.3) is 5.91 Å². The van der Waals surface area contributed by atoms with Crippen LogP contribution in [0.25, 0.3) is 0 Å². The molecule has 0 saturated heterocycles. The van der Waals surface area contributed by atoms with Gasteiger partial charge >= 0.3 is 0 Å². The van der Waals surface area contributed by atoms with Crippen LogP contribution in [-0.4, -0.2) is 29.4 Å². The highest BCUT2D eigenvalue weighted by molar-refractivity contribution is 7.98. The van der Waals surface area contributed by atoms with Crippen LogP contribution in [0.15, 0.2) is 24.3 Å². The van der Waals surface area contributed by atoms with E-state index in [9.17, 15) is 4.79 Å². The number of carbonyl (C=O) groups is 1. The Morgan fingerprint density at radius 2 is 2.11 bits per heavy atom. The van der Waals surface area contributed by atoms with Gasteiger partial charge in [-0.15, -0.1) is 0 Å². The molecule has 0 heterocycles. The van der Waals surface area contributed by atoms with E-state index in [4.69, 9.17) is 18.0 Å². The number of carbonyl (C=O) groups excluding carboxylic acids is 1. The van der Waals surface area contributed by atoms with Gasteiger partial charge in [-0.25, -0.2) is 0 Å². The molecule has 0 unspecified atom stereocenters. The molecule has 0 aliphatic rings. The predicted molar refractivity (Wildman–Crippen MR) is 82.3 cm³/mol. The molecule has 0 aliphatic heterocycles. The molecule has 3 nitrogen and oxygen atoms in total. The minimum atomic E-state index is -0.0720. The molecular weight excluding hydrogens is 264 g/mol. The summed E-state index contributed by atoms with van der Waals surface area (Å²) >= 11 is 6.71. The number of rotatable bonds is 7. The molecular formula is C13H18N2OS2. The van der Waals surface area contributed by atoms with Gasteiger partial charge < -0.3 is 11.1 Å². The number of amides is 1. The maximum absolute atomic E-state index is 11.9. The number of hydrogen-bond acceptors (Lipinski definition) is 3. The summed E-state index contributed by atoms with van der Waals surface area (Å²) in [7, 11) is 0. The Balaban J connectivity index is 2.46. The smallest absolute Gasteiger partial charge is 0.251 e. The van der Waals surface area contributed by atoms with Crippen molar-refractivity contribution in [2.24, 2.45) is 5.73 Å². The third-order valence-electron chi connectivity index (χ3n) is 2.47. The van der Waals surface area contributed by atoms with Crippen molar-refractivity contribution in [3.8, 4) is 0 Å². The van der Waals surface area contributed by atoms with Gasteiger partial charge in [0, 0.05) is 17.7 Å². The standard InChI is InChI=1S/C13H18N2OS2/c1-18-8-3-2-7-15-13(16)11-6-4-5-10(9-11)12(14)17/h4-6,9H,2-3,7-8H2,1H3,(H2,14,17)(H,15,16). The molecule has 0 radical (unpaired) electrons. The van der Waals surface area contributed by atoms with Crippen molar-refractivity contribution in [2.75, 3.05) is 18.6 Å². The Kier molecular flexibility index (Phi) is 6.75. The molecule has 0 atom stereocenters. The molecule has 0 spiro atoms. The first kappa shape index (κ1) is 15.0. The molecule has 1 aromatic rings. The highest BCUT2D eigenvalue weighted by atomic mass is 32.2. The summed E-state index contributed by atoms with van der Waals surface area (Å²) in [5.41, 5.74) is 6.86. The van der Waals surface area contributed by atoms with E-state index in [2.05, 4.69) is 11.6 Å². The fourth-order valence-electron chi connectivity index (χ4n) is 1.49. The second-order valence-corrected chi connectivity index (χ2v) is 5.33. The summed E-state index contributed by atoms with van der Waals surface area (Å²) in [5.74, 6) is 1.06. The lowest BCUT2D eigenvalue weighted by Gasteiger charge is -2.06. The Morgan fingerprint density at radius 3 is 2.78 bits per heavy atom. The maximum Gasteiger partial charge on any atom is 0.251 e. The number of hydrogen-bond donors (Lipinski definition) is 2. The van der Waals surface area contributed by atoms with Gasteiger partial charge in [0.05, 0.1) is 0 Å². The molecule has 98 valence electrons. The molecule has 0 bridgehead atoms. The highest BCUT2D eigenvalue weighted by Crippen LogP contribution is 2.05. The van der Waals surface area contributed by atoms with Gasteiger partial charge in [0.2, 0.25) is 0 Å². The van der Waals surface area contributed by atoms with Crippen molar-refractivity contribution in [1.82, 2.24) is 5.32 Å². The minimum absolute atomic E-state index is 0.0720. The summed E-state index contributed by atoms with van der Waals surface area (Å²) in [4.78, 5) is 12.2. The first-order valence-electron chi connectivity index (χ1n) is 5.82. The van der Waals surface area contributed by atoms with E-state index in [0.29, 0.717) is 17.1 Å². The van der Waals surface area contributed by atoms with E-state index in [0.717, 1.165) is 24.2 Å². The summed E-state index contributed by atoms with van der Waals surface area (Å²) in [6.07, 6.45) is 4.20. The number of unbranched alkanes of at least 4 members (excludes halogenated alkanes) is 1. The van der Waals surface area contributed by atoms with Crippen LogP contribution in [0, 0.1) is 0 Å². The van der Waals surface area contributed by atoms with Gasteiger partial charge in [-0.1, -0.05) is 24.4 Å². The molecule has 1 amide bonds. The molecule has 1 aromatic carbocycles. The fourth-order valence-corrected chi connectivity index (χ4v) is 2.11. The third kappa shape index (κ3) is 5.06. The number of nitrogens with two attached hydrogens (primary N) is 1. The zero-order valence-electron chi connectivity index (χ0n) is 10.4. The van der Waals surface area contributed by atoms with Crippen LogP contribution in [-0.2, 0) is 0 Å². The van der Waals surface area contributed by atoms with Gasteiger partial charge in [-0.3, -0.25) is 4.79 Å². The summed E-state index contributed by atoms with van der Waals surface area (Å²) in [6.45, 7) is 0.705. The van der Waals surface area contributed by atoms with E-state index >= 15 is 0 Å². The lowest BCUT2D eigenvalue weighted by molar-refractivity contribution is 0.0953. The van der Waals surface area contributed by atoms with Crippen molar-refractivity contribution < 1.29 is 4.79 Å². The van der Waals surface area contributed by atoms with Crippen LogP contribution in [0.3, 0.4) is 0 Å². The normalized spacial score (nSPS) is 10.1. The SMILES string of the molecule is CSCCCCNC(=O)c1cccc(C(N)=S)c1. The molecule has 1 rings (SSSR count). The maximum atomic E-state index is 11.9. The first-order valence-corrected chi connectivity index (χ1v) is 7.62. The molecule has 5 heteroatoms. The fraction of sp³-hybridized carbons (Fsp3) is 0.385. The molecule has 0 fully saturated rings. The number of thiocarbonyl (C=S) groups is 1. The van der Waals surface area contributed by atoms with Gasteiger partial charge in [-0.2, -0.15) is 11.8 Å². The molecule has 0 saturated carbocycles. The van der Waals surface area contributed by atoms with Crippen LogP contribution < -0.4 is 11.1 Å². The largest absolute Gasteiger partial charge is 0.389 e. The van der Waals surface area contributed by atoms with Crippen molar-refractivity contribution in [3.05, 3.63) is 35.4 Å². The predicted octanol–water partition coefficient (Wildman–Crippen LogP) is 2.19. The Morgan fingerprint density at radius 1 is 1.39 bits per heavy atom. The van der Waals surface area contributed by atoms with Crippen molar-refractivity contribution >= 4 is 34.9 Å². The van der Waals surface area contributed by atoms with Crippen molar-refractivity contribution in [1.29, 1.82) is 0 Å². The lowest BCUT2D eigenvalue weighted by Crippen LogP contribution is -2.25. The van der Waals surface area contributed by atoms with Crippen LogP contribution >= 0.6 is 24.0 Å².